The normalized spacial score (nSPS) is 14.4. The molecule has 0 aliphatic heterocycles. The van der Waals surface area contributed by atoms with E-state index >= 15 is 0 Å². The van der Waals surface area contributed by atoms with E-state index in [1.54, 1.807) is 0 Å². The molecule has 2 unspecified atom stereocenters. The van der Waals surface area contributed by atoms with E-state index < -0.39 is 7.82 Å². The minimum atomic E-state index is -4.06. The molecule has 2 atom stereocenters. The highest BCUT2D eigenvalue weighted by Gasteiger charge is 2.30. The van der Waals surface area contributed by atoms with Gasteiger partial charge in [0.2, 0.25) is 0 Å². The maximum Gasteiger partial charge on any atom is 0.473 e. The average molecular weight is 534 g/mol. The van der Waals surface area contributed by atoms with Crippen LogP contribution in [0.15, 0.2) is 0 Å². The highest BCUT2D eigenvalue weighted by Crippen LogP contribution is 2.46. The van der Waals surface area contributed by atoms with Crippen molar-refractivity contribution in [3.63, 3.8) is 0 Å². The van der Waals surface area contributed by atoms with Gasteiger partial charge in [0.05, 0.1) is 6.61 Å². The van der Waals surface area contributed by atoms with E-state index in [4.69, 9.17) is 9.05 Å². The van der Waals surface area contributed by atoms with E-state index in [1.807, 2.05) is 0 Å². The van der Waals surface area contributed by atoms with E-state index in [2.05, 4.69) is 32.6 Å². The van der Waals surface area contributed by atoms with Crippen LogP contribution in [-0.2, 0) is 13.6 Å². The van der Waals surface area contributed by atoms with Crippen LogP contribution < -0.4 is 0 Å². The summed E-state index contributed by atoms with van der Waals surface area (Å²) in [6.07, 6.45) is 25.5. The van der Waals surface area contributed by atoms with Crippen molar-refractivity contribution >= 4 is 7.82 Å². The molecule has 0 bridgehead atoms. The standard InChI is InChI=1S/C30H64NO4P/c1-5-9-13-16-19-23-27-31(28-24-20-17-14-10-6-2)30(26-22-12-8-4)35-36(32,33)34-29-25-21-18-15-11-7-3/h30H,5-29H2,1-4H3,(H,32,33). The number of phosphoric acid groups is 1. The van der Waals surface area contributed by atoms with Gasteiger partial charge in [-0.25, -0.2) is 4.57 Å². The zero-order valence-corrected chi connectivity index (χ0v) is 25.7. The lowest BCUT2D eigenvalue weighted by atomic mass is 10.1. The molecule has 0 aromatic heterocycles. The van der Waals surface area contributed by atoms with Gasteiger partial charge < -0.3 is 4.89 Å². The Hall–Kier alpha value is 0.0700. The fraction of sp³-hybridized carbons (Fsp3) is 1.00. The van der Waals surface area contributed by atoms with Gasteiger partial charge in [-0.2, -0.15) is 0 Å². The fourth-order valence-corrected chi connectivity index (χ4v) is 5.67. The number of hydrogen-bond donors (Lipinski definition) is 1. The molecule has 36 heavy (non-hydrogen) atoms. The van der Waals surface area contributed by atoms with E-state index in [1.165, 1.54) is 83.5 Å². The second-order valence-electron chi connectivity index (χ2n) is 10.7. The molecule has 0 saturated carbocycles. The van der Waals surface area contributed by atoms with Crippen molar-refractivity contribution in [1.82, 2.24) is 4.90 Å². The van der Waals surface area contributed by atoms with Crippen LogP contribution in [0.3, 0.4) is 0 Å². The van der Waals surface area contributed by atoms with Gasteiger partial charge in [0.25, 0.3) is 0 Å². The number of phosphoric ester groups is 1. The third kappa shape index (κ3) is 23.2. The van der Waals surface area contributed by atoms with Crippen LogP contribution in [0.1, 0.15) is 169 Å². The lowest BCUT2D eigenvalue weighted by Crippen LogP contribution is -2.38. The van der Waals surface area contributed by atoms with Crippen LogP contribution in [0.5, 0.6) is 0 Å². The van der Waals surface area contributed by atoms with Crippen molar-refractivity contribution in [3.8, 4) is 0 Å². The molecular weight excluding hydrogens is 469 g/mol. The van der Waals surface area contributed by atoms with Gasteiger partial charge in [0.1, 0.15) is 6.23 Å². The first-order valence-electron chi connectivity index (χ1n) is 15.9. The third-order valence-corrected chi connectivity index (χ3v) is 8.09. The molecule has 0 saturated heterocycles. The van der Waals surface area contributed by atoms with Crippen LogP contribution in [0.4, 0.5) is 0 Å². The van der Waals surface area contributed by atoms with Crippen molar-refractivity contribution in [1.29, 1.82) is 0 Å². The van der Waals surface area contributed by atoms with Gasteiger partial charge in [0.15, 0.2) is 0 Å². The van der Waals surface area contributed by atoms with Crippen LogP contribution >= 0.6 is 7.82 Å². The molecule has 0 aromatic rings. The van der Waals surface area contributed by atoms with Crippen molar-refractivity contribution < 1.29 is 18.5 Å². The SMILES string of the molecule is CCCCCCCCOP(=O)(O)OC(CCCCC)N(CCCCCCCC)CCCCCCCC. The van der Waals surface area contributed by atoms with E-state index in [9.17, 15) is 9.46 Å². The Kier molecular flexibility index (Phi) is 26.7. The van der Waals surface area contributed by atoms with Crippen molar-refractivity contribution in [2.45, 2.75) is 175 Å². The second kappa shape index (κ2) is 26.7. The summed E-state index contributed by atoms with van der Waals surface area (Å²) in [7, 11) is -4.06. The molecule has 0 aliphatic rings. The first-order valence-corrected chi connectivity index (χ1v) is 17.4. The molecule has 0 radical (unpaired) electrons. The molecule has 0 rings (SSSR count). The lowest BCUT2D eigenvalue weighted by molar-refractivity contribution is -0.0134. The summed E-state index contributed by atoms with van der Waals surface area (Å²) in [5, 5.41) is 0. The van der Waals surface area contributed by atoms with E-state index in [0.717, 1.165) is 70.9 Å². The van der Waals surface area contributed by atoms with Crippen LogP contribution in [0.25, 0.3) is 0 Å². The highest BCUT2D eigenvalue weighted by molar-refractivity contribution is 7.47. The Morgan fingerprint density at radius 2 is 0.972 bits per heavy atom. The number of hydrogen-bond acceptors (Lipinski definition) is 4. The van der Waals surface area contributed by atoms with Crippen LogP contribution in [0.2, 0.25) is 0 Å². The molecule has 0 spiro atoms. The van der Waals surface area contributed by atoms with Crippen LogP contribution in [0, 0.1) is 0 Å². The van der Waals surface area contributed by atoms with E-state index in [-0.39, 0.29) is 6.23 Å². The van der Waals surface area contributed by atoms with Gasteiger partial charge in [-0.3, -0.25) is 13.9 Å². The van der Waals surface area contributed by atoms with Gasteiger partial charge in [-0.1, -0.05) is 137 Å². The largest absolute Gasteiger partial charge is 0.473 e. The molecule has 0 fully saturated rings. The smallest absolute Gasteiger partial charge is 0.302 e. The predicted molar refractivity (Wildman–Crippen MR) is 156 cm³/mol. The molecule has 1 N–H and O–H groups in total. The maximum absolute atomic E-state index is 12.9. The highest BCUT2D eigenvalue weighted by atomic mass is 31.2. The Morgan fingerprint density at radius 1 is 0.583 bits per heavy atom. The third-order valence-electron chi connectivity index (χ3n) is 7.07. The van der Waals surface area contributed by atoms with Gasteiger partial charge in [0, 0.05) is 13.1 Å². The van der Waals surface area contributed by atoms with Gasteiger partial charge in [-0.05, 0) is 32.1 Å². The minimum Gasteiger partial charge on any atom is -0.302 e. The molecule has 218 valence electrons. The van der Waals surface area contributed by atoms with Crippen molar-refractivity contribution in [2.75, 3.05) is 19.7 Å². The first kappa shape index (κ1) is 36.1. The predicted octanol–water partition coefficient (Wildman–Crippen LogP) is 10.4. The Morgan fingerprint density at radius 3 is 1.44 bits per heavy atom. The van der Waals surface area contributed by atoms with Crippen molar-refractivity contribution in [2.24, 2.45) is 0 Å². The minimum absolute atomic E-state index is 0.302. The molecule has 0 heterocycles. The summed E-state index contributed by atoms with van der Waals surface area (Å²) in [6.45, 7) is 11.1. The average Bonchev–Trinajstić information content (AvgIpc) is 2.85. The molecule has 0 aromatic carbocycles. The molecule has 0 aliphatic carbocycles. The lowest BCUT2D eigenvalue weighted by Gasteiger charge is -2.32. The fourth-order valence-electron chi connectivity index (χ4n) is 4.71. The first-order chi connectivity index (χ1) is 17.5. The second-order valence-corrected chi connectivity index (χ2v) is 12.1. The Balaban J connectivity index is 4.89. The molecule has 6 heteroatoms. The molecule has 0 amide bonds. The van der Waals surface area contributed by atoms with E-state index in [0.29, 0.717) is 6.61 Å². The number of nitrogens with zero attached hydrogens (tertiary/aromatic N) is 1. The summed E-state index contributed by atoms with van der Waals surface area (Å²) < 4.78 is 24.2. The zero-order valence-electron chi connectivity index (χ0n) is 24.8. The summed E-state index contributed by atoms with van der Waals surface area (Å²) in [5.41, 5.74) is 0. The quantitative estimate of drug-likeness (QED) is 0.0588. The topological polar surface area (TPSA) is 59.0 Å². The maximum atomic E-state index is 12.9. The van der Waals surface area contributed by atoms with Crippen molar-refractivity contribution in [3.05, 3.63) is 0 Å². The number of rotatable bonds is 29. The van der Waals surface area contributed by atoms with Crippen LogP contribution in [-0.4, -0.2) is 35.7 Å². The number of unbranched alkanes of at least 4 members (excludes halogenated alkanes) is 17. The summed E-state index contributed by atoms with van der Waals surface area (Å²) >= 11 is 0. The summed E-state index contributed by atoms with van der Waals surface area (Å²) in [4.78, 5) is 12.9. The monoisotopic (exact) mass is 533 g/mol. The van der Waals surface area contributed by atoms with Gasteiger partial charge in [-0.15, -0.1) is 0 Å². The summed E-state index contributed by atoms with van der Waals surface area (Å²) in [6, 6.07) is 0. The molecule has 5 nitrogen and oxygen atoms in total. The van der Waals surface area contributed by atoms with Gasteiger partial charge >= 0.3 is 7.82 Å². The zero-order chi connectivity index (χ0) is 26.7. The molecular formula is C30H64NO4P. The Bertz CT molecular complexity index is 476. The Labute approximate surface area is 226 Å². The summed E-state index contributed by atoms with van der Waals surface area (Å²) in [5.74, 6) is 0.